The zero-order chi connectivity index (χ0) is 21.2. The minimum absolute atomic E-state index is 0.108. The van der Waals surface area contributed by atoms with Gasteiger partial charge in [-0.3, -0.25) is 9.59 Å². The number of ether oxygens (including phenoxy) is 1. The second kappa shape index (κ2) is 11.2. The summed E-state index contributed by atoms with van der Waals surface area (Å²) in [6, 6.07) is 15.0. The highest BCUT2D eigenvalue weighted by Gasteiger charge is 2.26. The van der Waals surface area contributed by atoms with Gasteiger partial charge in [0.1, 0.15) is 11.8 Å². The van der Waals surface area contributed by atoms with Crippen LogP contribution in [0.1, 0.15) is 43.4 Å². The summed E-state index contributed by atoms with van der Waals surface area (Å²) < 4.78 is 5.78. The minimum Gasteiger partial charge on any atom is -0.483 e. The zero-order valence-corrected chi connectivity index (χ0v) is 17.9. The van der Waals surface area contributed by atoms with Gasteiger partial charge in [0.25, 0.3) is 5.91 Å². The van der Waals surface area contributed by atoms with Crippen molar-refractivity contribution in [1.82, 2.24) is 10.2 Å². The topological polar surface area (TPSA) is 58.6 Å². The van der Waals surface area contributed by atoms with Crippen LogP contribution >= 0.6 is 0 Å². The Morgan fingerprint density at radius 2 is 1.83 bits per heavy atom. The molecule has 0 heterocycles. The van der Waals surface area contributed by atoms with Crippen LogP contribution in [0.3, 0.4) is 0 Å². The number of unbranched alkanes of at least 4 members (excludes halogenated alkanes) is 1. The number of aryl methyl sites for hydroxylation is 2. The summed E-state index contributed by atoms with van der Waals surface area (Å²) in [5.41, 5.74) is 3.10. The van der Waals surface area contributed by atoms with Crippen LogP contribution in [0.5, 0.6) is 5.75 Å². The molecule has 5 nitrogen and oxygen atoms in total. The third-order valence-corrected chi connectivity index (χ3v) is 4.87. The molecule has 0 unspecified atom stereocenters. The predicted molar refractivity (Wildman–Crippen MR) is 116 cm³/mol. The van der Waals surface area contributed by atoms with Crippen molar-refractivity contribution in [2.45, 2.75) is 53.1 Å². The molecule has 0 aliphatic carbocycles. The number of hydrogen-bond donors (Lipinski definition) is 1. The van der Waals surface area contributed by atoms with Gasteiger partial charge in [-0.1, -0.05) is 61.4 Å². The molecule has 0 aromatic heterocycles. The standard InChI is InChI=1S/C24H32N2O3/c1-5-6-14-25-24(28)20(4)26(16-21-10-8-7-9-11-21)23(27)17-29-22-13-12-18(2)15-19(22)3/h7-13,15,20H,5-6,14,16-17H2,1-4H3,(H,25,28)/t20-/m0/s1. The third-order valence-electron chi connectivity index (χ3n) is 4.87. The van der Waals surface area contributed by atoms with Crippen LogP contribution in [0.2, 0.25) is 0 Å². The molecule has 0 bridgehead atoms. The molecule has 0 aliphatic heterocycles. The van der Waals surface area contributed by atoms with Gasteiger partial charge in [-0.15, -0.1) is 0 Å². The zero-order valence-electron chi connectivity index (χ0n) is 17.9. The second-order valence-electron chi connectivity index (χ2n) is 7.39. The van der Waals surface area contributed by atoms with E-state index >= 15 is 0 Å². The molecule has 5 heteroatoms. The first-order valence-corrected chi connectivity index (χ1v) is 10.2. The quantitative estimate of drug-likeness (QED) is 0.617. The Balaban J connectivity index is 2.10. The number of carbonyl (C=O) groups is 2. The number of amides is 2. The minimum atomic E-state index is -0.581. The third kappa shape index (κ3) is 6.93. The van der Waals surface area contributed by atoms with Crippen LogP contribution in [0.4, 0.5) is 0 Å². The summed E-state index contributed by atoms with van der Waals surface area (Å²) in [5.74, 6) is 0.324. The lowest BCUT2D eigenvalue weighted by atomic mass is 10.1. The Morgan fingerprint density at radius 3 is 2.48 bits per heavy atom. The molecule has 2 amide bonds. The van der Waals surface area contributed by atoms with Crippen LogP contribution in [0.25, 0.3) is 0 Å². The van der Waals surface area contributed by atoms with Crippen molar-refractivity contribution < 1.29 is 14.3 Å². The van der Waals surface area contributed by atoms with Gasteiger partial charge in [0.2, 0.25) is 5.91 Å². The van der Waals surface area contributed by atoms with Gasteiger partial charge in [-0.25, -0.2) is 0 Å². The van der Waals surface area contributed by atoms with Gasteiger partial charge in [-0.05, 0) is 44.4 Å². The second-order valence-corrected chi connectivity index (χ2v) is 7.39. The fourth-order valence-electron chi connectivity index (χ4n) is 3.08. The molecule has 2 aromatic carbocycles. The van der Waals surface area contributed by atoms with Crippen molar-refractivity contribution >= 4 is 11.8 Å². The van der Waals surface area contributed by atoms with Gasteiger partial charge in [-0.2, -0.15) is 0 Å². The van der Waals surface area contributed by atoms with E-state index in [1.807, 2.05) is 62.4 Å². The average Bonchev–Trinajstić information content (AvgIpc) is 2.71. The number of nitrogens with zero attached hydrogens (tertiary/aromatic N) is 1. The fraction of sp³-hybridized carbons (Fsp3) is 0.417. The highest BCUT2D eigenvalue weighted by atomic mass is 16.5. The maximum atomic E-state index is 13.0. The Morgan fingerprint density at radius 1 is 1.10 bits per heavy atom. The Kier molecular flexibility index (Phi) is 8.71. The largest absolute Gasteiger partial charge is 0.483 e. The molecule has 0 spiro atoms. The van der Waals surface area contributed by atoms with Gasteiger partial charge in [0.15, 0.2) is 6.61 Å². The number of carbonyl (C=O) groups excluding carboxylic acids is 2. The van der Waals surface area contributed by atoms with Crippen LogP contribution in [-0.2, 0) is 16.1 Å². The van der Waals surface area contributed by atoms with Crippen molar-refractivity contribution in [2.75, 3.05) is 13.2 Å². The van der Waals surface area contributed by atoms with Crippen molar-refractivity contribution in [3.05, 3.63) is 65.2 Å². The lowest BCUT2D eigenvalue weighted by Crippen LogP contribution is -2.49. The Bertz CT molecular complexity index is 805. The van der Waals surface area contributed by atoms with E-state index in [0.717, 1.165) is 29.5 Å². The molecular weight excluding hydrogens is 364 g/mol. The van der Waals surface area contributed by atoms with Crippen molar-refractivity contribution in [3.63, 3.8) is 0 Å². The van der Waals surface area contributed by atoms with Gasteiger partial charge >= 0.3 is 0 Å². The van der Waals surface area contributed by atoms with Crippen molar-refractivity contribution in [1.29, 1.82) is 0 Å². The smallest absolute Gasteiger partial charge is 0.261 e. The normalized spacial score (nSPS) is 11.6. The molecule has 0 saturated heterocycles. The lowest BCUT2D eigenvalue weighted by molar-refractivity contribution is -0.142. The maximum Gasteiger partial charge on any atom is 0.261 e. The molecule has 0 radical (unpaired) electrons. The first kappa shape index (κ1) is 22.5. The molecule has 0 saturated carbocycles. The summed E-state index contributed by atoms with van der Waals surface area (Å²) in [6.45, 7) is 8.68. The van der Waals surface area contributed by atoms with E-state index in [0.29, 0.717) is 18.8 Å². The maximum absolute atomic E-state index is 13.0. The highest BCUT2D eigenvalue weighted by molar-refractivity contribution is 5.87. The number of benzene rings is 2. The molecular formula is C24H32N2O3. The number of rotatable bonds is 10. The van der Waals surface area contributed by atoms with E-state index in [1.54, 1.807) is 11.8 Å². The van der Waals surface area contributed by atoms with Crippen LogP contribution in [-0.4, -0.2) is 35.9 Å². The highest BCUT2D eigenvalue weighted by Crippen LogP contribution is 2.19. The summed E-state index contributed by atoms with van der Waals surface area (Å²) in [5, 5.41) is 2.92. The van der Waals surface area contributed by atoms with Gasteiger partial charge in [0, 0.05) is 13.1 Å². The van der Waals surface area contributed by atoms with Crippen LogP contribution in [0, 0.1) is 13.8 Å². The monoisotopic (exact) mass is 396 g/mol. The van der Waals surface area contributed by atoms with Crippen LogP contribution in [0.15, 0.2) is 48.5 Å². The molecule has 0 fully saturated rings. The Hall–Kier alpha value is -2.82. The van der Waals surface area contributed by atoms with E-state index < -0.39 is 6.04 Å². The van der Waals surface area contributed by atoms with Crippen molar-refractivity contribution in [2.24, 2.45) is 0 Å². The molecule has 2 rings (SSSR count). The lowest BCUT2D eigenvalue weighted by Gasteiger charge is -2.29. The average molecular weight is 397 g/mol. The van der Waals surface area contributed by atoms with Gasteiger partial charge in [0.05, 0.1) is 0 Å². The van der Waals surface area contributed by atoms with Gasteiger partial charge < -0.3 is 15.0 Å². The van der Waals surface area contributed by atoms with E-state index in [9.17, 15) is 9.59 Å². The van der Waals surface area contributed by atoms with E-state index in [1.165, 1.54) is 0 Å². The van der Waals surface area contributed by atoms with E-state index in [-0.39, 0.29) is 18.4 Å². The van der Waals surface area contributed by atoms with E-state index in [4.69, 9.17) is 4.74 Å². The van der Waals surface area contributed by atoms with Crippen LogP contribution < -0.4 is 10.1 Å². The summed E-state index contributed by atoms with van der Waals surface area (Å²) in [6.07, 6.45) is 1.92. The Labute approximate surface area is 174 Å². The fourth-order valence-corrected chi connectivity index (χ4v) is 3.08. The summed E-state index contributed by atoms with van der Waals surface area (Å²) in [4.78, 5) is 27.2. The molecule has 0 aliphatic rings. The molecule has 29 heavy (non-hydrogen) atoms. The molecule has 1 N–H and O–H groups in total. The SMILES string of the molecule is CCCCNC(=O)[C@H](C)N(Cc1ccccc1)C(=O)COc1ccc(C)cc1C. The molecule has 2 aromatic rings. The first-order chi connectivity index (χ1) is 13.9. The molecule has 156 valence electrons. The number of nitrogens with one attached hydrogen (secondary N) is 1. The van der Waals surface area contributed by atoms with Crippen molar-refractivity contribution in [3.8, 4) is 5.75 Å². The summed E-state index contributed by atoms with van der Waals surface area (Å²) in [7, 11) is 0. The molecule has 1 atom stereocenters. The summed E-state index contributed by atoms with van der Waals surface area (Å²) >= 11 is 0. The predicted octanol–water partition coefficient (Wildman–Crippen LogP) is 4.02. The van der Waals surface area contributed by atoms with E-state index in [2.05, 4.69) is 12.2 Å². The number of hydrogen-bond acceptors (Lipinski definition) is 3. The first-order valence-electron chi connectivity index (χ1n) is 10.2.